The van der Waals surface area contributed by atoms with Crippen LogP contribution in [-0.2, 0) is 9.53 Å². The van der Waals surface area contributed by atoms with Crippen LogP contribution in [-0.4, -0.2) is 29.6 Å². The number of hydrogen-bond donors (Lipinski definition) is 2. The van der Waals surface area contributed by atoms with E-state index in [1.807, 2.05) is 0 Å². The van der Waals surface area contributed by atoms with Gasteiger partial charge in [-0.25, -0.2) is 4.98 Å². The van der Waals surface area contributed by atoms with E-state index >= 15 is 0 Å². The van der Waals surface area contributed by atoms with Gasteiger partial charge in [-0.1, -0.05) is 6.92 Å². The first-order chi connectivity index (χ1) is 11.0. The fourth-order valence-electron chi connectivity index (χ4n) is 4.82. The van der Waals surface area contributed by atoms with Crippen LogP contribution in [0.25, 0.3) is 0 Å². The lowest BCUT2D eigenvalue weighted by molar-refractivity contribution is -0.160. The Labute approximate surface area is 135 Å². The lowest BCUT2D eigenvalue weighted by Gasteiger charge is -2.60. The molecule has 4 aliphatic rings. The van der Waals surface area contributed by atoms with Crippen molar-refractivity contribution in [2.45, 2.75) is 38.3 Å². The molecule has 1 spiro atoms. The summed E-state index contributed by atoms with van der Waals surface area (Å²) in [7, 11) is 1.45. The standard InChI is InChI=1S/C17H21N3O3/c1-16-6-5-10(8-12(16)15(22)23-2)17(9-16)19-13-11(14(21)20-17)4-3-7-18-13/h3-4,7,10,12H,5-6,8-9H2,1-2H3,(H,18,19)(H,20,21). The third-order valence-electron chi connectivity index (χ3n) is 6.02. The topological polar surface area (TPSA) is 80.3 Å². The molecule has 4 unspecified atom stereocenters. The molecule has 0 saturated heterocycles. The molecule has 2 N–H and O–H groups in total. The molecule has 1 aromatic heterocycles. The van der Waals surface area contributed by atoms with Gasteiger partial charge in [-0.05, 0) is 43.2 Å². The summed E-state index contributed by atoms with van der Waals surface area (Å²) in [6.07, 6.45) is 5.11. The van der Waals surface area contributed by atoms with Crippen molar-refractivity contribution in [2.24, 2.45) is 17.3 Å². The van der Waals surface area contributed by atoms with Crippen molar-refractivity contribution in [3.05, 3.63) is 23.9 Å². The van der Waals surface area contributed by atoms with Crippen LogP contribution in [0.5, 0.6) is 0 Å². The number of carbonyl (C=O) groups excluding carboxylic acids is 2. The number of ether oxygens (including phenoxy) is 1. The zero-order valence-corrected chi connectivity index (χ0v) is 13.4. The summed E-state index contributed by atoms with van der Waals surface area (Å²) < 4.78 is 5.00. The van der Waals surface area contributed by atoms with Gasteiger partial charge in [0.25, 0.3) is 5.91 Å². The highest BCUT2D eigenvalue weighted by Crippen LogP contribution is 2.58. The van der Waals surface area contributed by atoms with Crippen LogP contribution in [0.2, 0.25) is 0 Å². The third kappa shape index (κ3) is 1.97. The summed E-state index contributed by atoms with van der Waals surface area (Å²) in [5.74, 6) is 0.528. The van der Waals surface area contributed by atoms with Gasteiger partial charge in [0.15, 0.2) is 0 Å². The first-order valence-electron chi connectivity index (χ1n) is 8.11. The molecule has 1 aromatic rings. The number of aromatic nitrogens is 1. The first kappa shape index (κ1) is 14.5. The van der Waals surface area contributed by atoms with E-state index in [1.165, 1.54) is 7.11 Å². The highest BCUT2D eigenvalue weighted by Gasteiger charge is 2.60. The van der Waals surface area contributed by atoms with Crippen LogP contribution in [0.1, 0.15) is 43.0 Å². The Hall–Kier alpha value is -2.11. The van der Waals surface area contributed by atoms with E-state index in [9.17, 15) is 9.59 Å². The van der Waals surface area contributed by atoms with E-state index in [0.29, 0.717) is 17.8 Å². The van der Waals surface area contributed by atoms with E-state index in [-0.39, 0.29) is 29.1 Å². The molecule has 6 nitrogen and oxygen atoms in total. The molecule has 3 aliphatic carbocycles. The van der Waals surface area contributed by atoms with Gasteiger partial charge in [0.05, 0.1) is 18.6 Å². The molecule has 4 atom stereocenters. The lowest BCUT2D eigenvalue weighted by Crippen LogP contribution is -2.70. The summed E-state index contributed by atoms with van der Waals surface area (Å²) in [4.78, 5) is 29.0. The molecule has 1 aliphatic heterocycles. The number of amides is 1. The van der Waals surface area contributed by atoms with Gasteiger partial charge in [0.1, 0.15) is 11.5 Å². The molecule has 5 rings (SSSR count). The number of esters is 1. The monoisotopic (exact) mass is 315 g/mol. The number of hydrogen-bond acceptors (Lipinski definition) is 5. The molecule has 3 fully saturated rings. The van der Waals surface area contributed by atoms with Gasteiger partial charge in [-0.15, -0.1) is 0 Å². The lowest BCUT2D eigenvalue weighted by atomic mass is 9.51. The minimum atomic E-state index is -0.504. The number of methoxy groups -OCH3 is 1. The van der Waals surface area contributed by atoms with E-state index in [4.69, 9.17) is 4.74 Å². The highest BCUT2D eigenvalue weighted by atomic mass is 16.5. The van der Waals surface area contributed by atoms with Crippen LogP contribution < -0.4 is 10.6 Å². The van der Waals surface area contributed by atoms with Crippen LogP contribution in [0.3, 0.4) is 0 Å². The molecule has 6 heteroatoms. The number of nitrogens with one attached hydrogen (secondary N) is 2. The maximum atomic E-state index is 12.5. The maximum absolute atomic E-state index is 12.5. The van der Waals surface area contributed by atoms with Crippen molar-refractivity contribution in [3.63, 3.8) is 0 Å². The van der Waals surface area contributed by atoms with Crippen LogP contribution in [0.4, 0.5) is 5.82 Å². The number of anilines is 1. The fraction of sp³-hybridized carbons (Fsp3) is 0.588. The van der Waals surface area contributed by atoms with E-state index in [2.05, 4.69) is 22.5 Å². The average Bonchev–Trinajstić information content (AvgIpc) is 2.53. The SMILES string of the molecule is COC(=O)C1CC2CCC1(C)CC21NC(=O)c2cccnc2N1. The number of carbonyl (C=O) groups is 2. The van der Waals surface area contributed by atoms with E-state index in [0.717, 1.165) is 19.3 Å². The second-order valence-electron chi connectivity index (χ2n) is 7.33. The quantitative estimate of drug-likeness (QED) is 0.774. The Morgan fingerprint density at radius 1 is 1.43 bits per heavy atom. The van der Waals surface area contributed by atoms with Crippen LogP contribution >= 0.6 is 0 Å². The average molecular weight is 315 g/mol. The Balaban J connectivity index is 1.70. The van der Waals surface area contributed by atoms with E-state index < -0.39 is 5.66 Å². The second kappa shape index (κ2) is 4.69. The summed E-state index contributed by atoms with van der Waals surface area (Å²) in [5.41, 5.74) is -0.0982. The second-order valence-corrected chi connectivity index (χ2v) is 7.33. The minimum Gasteiger partial charge on any atom is -0.469 e. The molecule has 2 heterocycles. The van der Waals surface area contributed by atoms with Crippen LogP contribution in [0, 0.1) is 17.3 Å². The first-order valence-corrected chi connectivity index (χ1v) is 8.11. The number of pyridine rings is 1. The van der Waals surface area contributed by atoms with Gasteiger partial charge in [-0.3, -0.25) is 9.59 Å². The molecule has 122 valence electrons. The van der Waals surface area contributed by atoms with Crippen molar-refractivity contribution < 1.29 is 14.3 Å². The Morgan fingerprint density at radius 2 is 2.26 bits per heavy atom. The molecule has 1 amide bonds. The minimum absolute atomic E-state index is 0.0855. The fourth-order valence-corrected chi connectivity index (χ4v) is 4.82. The maximum Gasteiger partial charge on any atom is 0.309 e. The van der Waals surface area contributed by atoms with Crippen molar-refractivity contribution in [1.82, 2.24) is 10.3 Å². The molecule has 3 saturated carbocycles. The molecule has 0 radical (unpaired) electrons. The molecule has 2 bridgehead atoms. The van der Waals surface area contributed by atoms with Crippen molar-refractivity contribution in [2.75, 3.05) is 12.4 Å². The van der Waals surface area contributed by atoms with Crippen molar-refractivity contribution in [1.29, 1.82) is 0 Å². The zero-order chi connectivity index (χ0) is 16.2. The van der Waals surface area contributed by atoms with Gasteiger partial charge >= 0.3 is 5.97 Å². The molecular formula is C17H21N3O3. The Kier molecular flexibility index (Phi) is 2.95. The molecule has 23 heavy (non-hydrogen) atoms. The molecule has 0 aromatic carbocycles. The van der Waals surface area contributed by atoms with Gasteiger partial charge in [0, 0.05) is 12.1 Å². The van der Waals surface area contributed by atoms with Crippen LogP contribution in [0.15, 0.2) is 18.3 Å². The summed E-state index contributed by atoms with van der Waals surface area (Å²) in [5, 5.41) is 6.66. The van der Waals surface area contributed by atoms with Gasteiger partial charge in [0.2, 0.25) is 0 Å². The number of nitrogens with zero attached hydrogens (tertiary/aromatic N) is 1. The van der Waals surface area contributed by atoms with E-state index in [1.54, 1.807) is 18.3 Å². The predicted octanol–water partition coefficient (Wildman–Crippen LogP) is 1.93. The normalized spacial score (nSPS) is 37.7. The van der Waals surface area contributed by atoms with Crippen molar-refractivity contribution >= 4 is 17.7 Å². The van der Waals surface area contributed by atoms with Gasteiger partial charge < -0.3 is 15.4 Å². The molecular weight excluding hydrogens is 294 g/mol. The van der Waals surface area contributed by atoms with Crippen molar-refractivity contribution in [3.8, 4) is 0 Å². The Bertz CT molecular complexity index is 691. The largest absolute Gasteiger partial charge is 0.469 e. The highest BCUT2D eigenvalue weighted by molar-refractivity contribution is 6.01. The third-order valence-corrected chi connectivity index (χ3v) is 6.02. The summed E-state index contributed by atoms with van der Waals surface area (Å²) in [6, 6.07) is 3.54. The summed E-state index contributed by atoms with van der Waals surface area (Å²) >= 11 is 0. The number of rotatable bonds is 1. The zero-order valence-electron chi connectivity index (χ0n) is 13.4. The van der Waals surface area contributed by atoms with Gasteiger partial charge in [-0.2, -0.15) is 0 Å². The predicted molar refractivity (Wildman–Crippen MR) is 83.6 cm³/mol. The summed E-state index contributed by atoms with van der Waals surface area (Å²) in [6.45, 7) is 2.13. The Morgan fingerprint density at radius 3 is 3.00 bits per heavy atom. The smallest absolute Gasteiger partial charge is 0.309 e. The number of fused-ring (bicyclic) bond motifs is 3.